The van der Waals surface area contributed by atoms with E-state index in [0.717, 1.165) is 0 Å². The van der Waals surface area contributed by atoms with E-state index in [1.807, 2.05) is 0 Å². The third kappa shape index (κ3) is 4.59. The van der Waals surface area contributed by atoms with Crippen LogP contribution in [0.5, 0.6) is 0 Å². The Bertz CT molecular complexity index is 403. The molecule has 2 heterocycles. The van der Waals surface area contributed by atoms with E-state index in [-0.39, 0.29) is 30.7 Å². The summed E-state index contributed by atoms with van der Waals surface area (Å²) in [6, 6.07) is -0.230. The maximum Gasteiger partial charge on any atom is 0.317 e. The van der Waals surface area contributed by atoms with Crippen LogP contribution in [-0.2, 0) is 14.3 Å². The lowest BCUT2D eigenvalue weighted by Gasteiger charge is -2.38. The quantitative estimate of drug-likeness (QED) is 0.703. The fourth-order valence-corrected chi connectivity index (χ4v) is 2.47. The van der Waals surface area contributed by atoms with Crippen molar-refractivity contribution >= 4 is 17.9 Å². The van der Waals surface area contributed by atoms with Crippen molar-refractivity contribution in [1.82, 2.24) is 15.1 Å². The van der Waals surface area contributed by atoms with Gasteiger partial charge >= 0.3 is 12.0 Å². The molecule has 0 unspecified atom stereocenters. The van der Waals surface area contributed by atoms with Gasteiger partial charge in [0.15, 0.2) is 0 Å². The van der Waals surface area contributed by atoms with E-state index in [2.05, 4.69) is 5.32 Å². The van der Waals surface area contributed by atoms with E-state index in [9.17, 15) is 14.4 Å². The second-order valence-electron chi connectivity index (χ2n) is 5.34. The molecule has 8 nitrogen and oxygen atoms in total. The Morgan fingerprint density at radius 2 is 1.81 bits per heavy atom. The van der Waals surface area contributed by atoms with Gasteiger partial charge in [0, 0.05) is 45.1 Å². The average molecular weight is 299 g/mol. The highest BCUT2D eigenvalue weighted by Gasteiger charge is 2.31. The SMILES string of the molecule is O=C(O)CC1CN(C(=O)NCCC(=O)N2CCOCC2)C1. The minimum atomic E-state index is -0.837. The summed E-state index contributed by atoms with van der Waals surface area (Å²) in [6.07, 6.45) is 0.372. The molecule has 0 spiro atoms. The van der Waals surface area contributed by atoms with Crippen molar-refractivity contribution in [3.63, 3.8) is 0 Å². The van der Waals surface area contributed by atoms with Crippen LogP contribution < -0.4 is 5.32 Å². The van der Waals surface area contributed by atoms with Gasteiger partial charge in [-0.15, -0.1) is 0 Å². The maximum atomic E-state index is 11.8. The zero-order chi connectivity index (χ0) is 15.2. The number of rotatable bonds is 5. The Balaban J connectivity index is 1.57. The molecule has 0 saturated carbocycles. The number of amides is 3. The Hall–Kier alpha value is -1.83. The summed E-state index contributed by atoms with van der Waals surface area (Å²) in [5, 5.41) is 11.3. The number of nitrogens with zero attached hydrogens (tertiary/aromatic N) is 2. The van der Waals surface area contributed by atoms with Crippen molar-refractivity contribution in [2.45, 2.75) is 12.8 Å². The lowest BCUT2D eigenvalue weighted by molar-refractivity contribution is -0.139. The van der Waals surface area contributed by atoms with Gasteiger partial charge in [-0.1, -0.05) is 0 Å². The van der Waals surface area contributed by atoms with Crippen molar-refractivity contribution in [2.24, 2.45) is 5.92 Å². The highest BCUT2D eigenvalue weighted by Crippen LogP contribution is 2.18. The van der Waals surface area contributed by atoms with Gasteiger partial charge in [-0.3, -0.25) is 9.59 Å². The summed E-state index contributed by atoms with van der Waals surface area (Å²) in [5.74, 6) is -0.773. The van der Waals surface area contributed by atoms with Crippen LogP contribution in [0.2, 0.25) is 0 Å². The summed E-state index contributed by atoms with van der Waals surface area (Å²) in [4.78, 5) is 37.4. The highest BCUT2D eigenvalue weighted by atomic mass is 16.5. The molecule has 0 aromatic carbocycles. The fraction of sp³-hybridized carbons (Fsp3) is 0.769. The molecule has 0 bridgehead atoms. The molecule has 2 aliphatic heterocycles. The summed E-state index contributed by atoms with van der Waals surface area (Å²) in [6.45, 7) is 3.58. The molecule has 0 aromatic rings. The van der Waals surface area contributed by atoms with Crippen LogP contribution in [0.15, 0.2) is 0 Å². The fourth-order valence-electron chi connectivity index (χ4n) is 2.47. The molecule has 2 rings (SSSR count). The van der Waals surface area contributed by atoms with Gasteiger partial charge in [-0.05, 0) is 0 Å². The monoisotopic (exact) mass is 299 g/mol. The Morgan fingerprint density at radius 1 is 1.14 bits per heavy atom. The van der Waals surface area contributed by atoms with E-state index in [0.29, 0.717) is 45.9 Å². The molecule has 2 aliphatic rings. The minimum absolute atomic E-state index is 0.0194. The normalized spacial score (nSPS) is 19.0. The molecular weight excluding hydrogens is 278 g/mol. The molecule has 118 valence electrons. The number of carbonyl (C=O) groups is 3. The Morgan fingerprint density at radius 3 is 2.43 bits per heavy atom. The van der Waals surface area contributed by atoms with E-state index in [1.165, 1.54) is 0 Å². The largest absolute Gasteiger partial charge is 0.481 e. The van der Waals surface area contributed by atoms with Crippen LogP contribution in [0, 0.1) is 5.92 Å². The van der Waals surface area contributed by atoms with Crippen LogP contribution >= 0.6 is 0 Å². The van der Waals surface area contributed by atoms with Crippen LogP contribution in [-0.4, -0.2) is 78.8 Å². The zero-order valence-electron chi connectivity index (χ0n) is 11.9. The van der Waals surface area contributed by atoms with E-state index >= 15 is 0 Å². The molecule has 2 fully saturated rings. The van der Waals surface area contributed by atoms with Gasteiger partial charge < -0.3 is 25.0 Å². The van der Waals surface area contributed by atoms with Crippen LogP contribution in [0.3, 0.4) is 0 Å². The van der Waals surface area contributed by atoms with Crippen LogP contribution in [0.25, 0.3) is 0 Å². The molecule has 0 radical (unpaired) electrons. The summed E-state index contributed by atoms with van der Waals surface area (Å²) in [5.41, 5.74) is 0. The first-order valence-electron chi connectivity index (χ1n) is 7.16. The number of hydrogen-bond acceptors (Lipinski definition) is 4. The summed E-state index contributed by atoms with van der Waals surface area (Å²) in [7, 11) is 0. The summed E-state index contributed by atoms with van der Waals surface area (Å²) < 4.78 is 5.17. The molecule has 21 heavy (non-hydrogen) atoms. The van der Waals surface area contributed by atoms with Gasteiger partial charge in [-0.25, -0.2) is 4.79 Å². The van der Waals surface area contributed by atoms with Crippen LogP contribution in [0.1, 0.15) is 12.8 Å². The third-order valence-electron chi connectivity index (χ3n) is 3.69. The Kier molecular flexibility index (Phi) is 5.38. The predicted molar refractivity (Wildman–Crippen MR) is 72.7 cm³/mol. The third-order valence-corrected chi connectivity index (χ3v) is 3.69. The van der Waals surface area contributed by atoms with E-state index < -0.39 is 5.97 Å². The van der Waals surface area contributed by atoms with Crippen molar-refractivity contribution in [1.29, 1.82) is 0 Å². The number of carboxylic acid groups (broad SMARTS) is 1. The zero-order valence-corrected chi connectivity index (χ0v) is 11.9. The molecular formula is C13H21N3O5. The maximum absolute atomic E-state index is 11.8. The number of carboxylic acids is 1. The lowest BCUT2D eigenvalue weighted by atomic mass is 9.97. The van der Waals surface area contributed by atoms with Gasteiger partial charge in [0.2, 0.25) is 5.91 Å². The van der Waals surface area contributed by atoms with E-state index in [1.54, 1.807) is 9.80 Å². The first kappa shape index (κ1) is 15.6. The molecule has 3 amide bonds. The number of aliphatic carboxylic acids is 1. The molecule has 0 aliphatic carbocycles. The molecule has 2 saturated heterocycles. The number of ether oxygens (including phenoxy) is 1. The first-order chi connectivity index (χ1) is 10.1. The van der Waals surface area contributed by atoms with Gasteiger partial charge in [0.1, 0.15) is 0 Å². The highest BCUT2D eigenvalue weighted by molar-refractivity contribution is 5.79. The number of morpholine rings is 1. The Labute approximate surface area is 123 Å². The number of likely N-dealkylation sites (tertiary alicyclic amines) is 1. The number of carbonyl (C=O) groups excluding carboxylic acids is 2. The molecule has 8 heteroatoms. The second kappa shape index (κ2) is 7.26. The second-order valence-corrected chi connectivity index (χ2v) is 5.34. The standard InChI is InChI=1S/C13H21N3O5/c17-11(15-3-5-21-6-4-15)1-2-14-13(20)16-8-10(9-16)7-12(18)19/h10H,1-9H2,(H,14,20)(H,18,19). The molecule has 0 aromatic heterocycles. The lowest BCUT2D eigenvalue weighted by Crippen LogP contribution is -2.54. The first-order valence-corrected chi connectivity index (χ1v) is 7.16. The smallest absolute Gasteiger partial charge is 0.317 e. The number of hydrogen-bond donors (Lipinski definition) is 2. The number of urea groups is 1. The van der Waals surface area contributed by atoms with Crippen molar-refractivity contribution in [3.05, 3.63) is 0 Å². The van der Waals surface area contributed by atoms with Crippen molar-refractivity contribution < 1.29 is 24.2 Å². The van der Waals surface area contributed by atoms with Crippen molar-refractivity contribution in [2.75, 3.05) is 45.9 Å². The van der Waals surface area contributed by atoms with Crippen LogP contribution in [0.4, 0.5) is 4.79 Å². The molecule has 2 N–H and O–H groups in total. The van der Waals surface area contributed by atoms with E-state index in [4.69, 9.17) is 9.84 Å². The predicted octanol–water partition coefficient (Wildman–Crippen LogP) is -0.649. The van der Waals surface area contributed by atoms with Gasteiger partial charge in [0.05, 0.1) is 19.6 Å². The average Bonchev–Trinajstić information content (AvgIpc) is 2.42. The molecule has 0 atom stereocenters. The minimum Gasteiger partial charge on any atom is -0.481 e. The topological polar surface area (TPSA) is 99.2 Å². The van der Waals surface area contributed by atoms with Gasteiger partial charge in [-0.2, -0.15) is 0 Å². The number of nitrogens with one attached hydrogen (secondary N) is 1. The van der Waals surface area contributed by atoms with Gasteiger partial charge in [0.25, 0.3) is 0 Å². The van der Waals surface area contributed by atoms with Crippen molar-refractivity contribution in [3.8, 4) is 0 Å². The summed E-state index contributed by atoms with van der Waals surface area (Å²) >= 11 is 0.